The number of nitrogens with two attached hydrogens (primary N) is 1. The van der Waals surface area contributed by atoms with Crippen LogP contribution in [0.4, 0.5) is 16.2 Å². The molecule has 1 heterocycles. The average molecular weight is 370 g/mol. The molecule has 1 amide bonds. The molecule has 1 fully saturated rings. The molecular weight excluding hydrogens is 346 g/mol. The van der Waals surface area contributed by atoms with Crippen molar-refractivity contribution in [3.8, 4) is 0 Å². The summed E-state index contributed by atoms with van der Waals surface area (Å²) in [5.74, 6) is 0. The average Bonchev–Trinajstić information content (AvgIpc) is 2.40. The van der Waals surface area contributed by atoms with Gasteiger partial charge in [-0.2, -0.15) is 0 Å². The highest BCUT2D eigenvalue weighted by molar-refractivity contribution is 9.10. The third-order valence-corrected chi connectivity index (χ3v) is 4.07. The molecule has 1 saturated heterocycles. The van der Waals surface area contributed by atoms with E-state index in [4.69, 9.17) is 10.5 Å². The zero-order valence-corrected chi connectivity index (χ0v) is 15.2. The van der Waals surface area contributed by atoms with E-state index in [0.29, 0.717) is 13.1 Å². The van der Waals surface area contributed by atoms with Crippen LogP contribution in [0.1, 0.15) is 27.7 Å². The van der Waals surface area contributed by atoms with Gasteiger partial charge in [0.1, 0.15) is 5.60 Å². The second-order valence-electron chi connectivity index (χ2n) is 6.67. The molecule has 122 valence electrons. The second-order valence-corrected chi connectivity index (χ2v) is 7.59. The number of amides is 1. The maximum absolute atomic E-state index is 12.2. The highest BCUT2D eigenvalue weighted by Gasteiger charge is 2.30. The quantitative estimate of drug-likeness (QED) is 0.769. The van der Waals surface area contributed by atoms with Crippen LogP contribution in [0.25, 0.3) is 0 Å². The van der Waals surface area contributed by atoms with Gasteiger partial charge in [-0.1, -0.05) is 15.9 Å². The highest BCUT2D eigenvalue weighted by Crippen LogP contribution is 2.30. The smallest absolute Gasteiger partial charge is 0.410 e. The Balaban J connectivity index is 2.07. The molecule has 0 aliphatic carbocycles. The third-order valence-electron chi connectivity index (χ3n) is 3.58. The number of carbonyl (C=O) groups is 1. The Labute approximate surface area is 140 Å². The van der Waals surface area contributed by atoms with Gasteiger partial charge in [0.15, 0.2) is 0 Å². The van der Waals surface area contributed by atoms with Crippen LogP contribution in [-0.2, 0) is 4.74 Å². The molecule has 1 aromatic rings. The summed E-state index contributed by atoms with van der Waals surface area (Å²) in [7, 11) is 0. The van der Waals surface area contributed by atoms with Crippen molar-refractivity contribution in [2.24, 2.45) is 0 Å². The second kappa shape index (κ2) is 6.36. The molecule has 0 saturated carbocycles. The summed E-state index contributed by atoms with van der Waals surface area (Å²) < 4.78 is 6.44. The Morgan fingerprint density at radius 2 is 2.05 bits per heavy atom. The van der Waals surface area contributed by atoms with Gasteiger partial charge in [0.2, 0.25) is 0 Å². The lowest BCUT2D eigenvalue weighted by Crippen LogP contribution is -2.54. The number of hydrogen-bond donors (Lipinski definition) is 1. The lowest BCUT2D eigenvalue weighted by molar-refractivity contribution is 0.0219. The van der Waals surface area contributed by atoms with Crippen molar-refractivity contribution in [3.63, 3.8) is 0 Å². The van der Waals surface area contributed by atoms with E-state index in [-0.39, 0.29) is 12.1 Å². The van der Waals surface area contributed by atoms with Crippen LogP contribution in [-0.4, -0.2) is 42.3 Å². The summed E-state index contributed by atoms with van der Waals surface area (Å²) in [5.41, 5.74) is 7.38. The number of anilines is 2. The van der Waals surface area contributed by atoms with Crippen LogP contribution in [0, 0.1) is 0 Å². The van der Waals surface area contributed by atoms with E-state index in [0.717, 1.165) is 22.4 Å². The van der Waals surface area contributed by atoms with E-state index < -0.39 is 5.60 Å². The highest BCUT2D eigenvalue weighted by atomic mass is 79.9. The van der Waals surface area contributed by atoms with Crippen LogP contribution in [0.3, 0.4) is 0 Å². The Bertz CT molecular complexity index is 557. The number of benzene rings is 1. The van der Waals surface area contributed by atoms with E-state index in [9.17, 15) is 4.79 Å². The molecule has 1 aliphatic heterocycles. The fraction of sp³-hybridized carbons (Fsp3) is 0.562. The van der Waals surface area contributed by atoms with Crippen molar-refractivity contribution in [3.05, 3.63) is 22.7 Å². The summed E-state index contributed by atoms with van der Waals surface area (Å²) in [6.45, 7) is 9.73. The maximum Gasteiger partial charge on any atom is 0.410 e. The van der Waals surface area contributed by atoms with Crippen molar-refractivity contribution < 1.29 is 9.53 Å². The molecular formula is C16H24BrN3O2. The van der Waals surface area contributed by atoms with E-state index in [1.807, 2.05) is 39.0 Å². The summed E-state index contributed by atoms with van der Waals surface area (Å²) in [5, 5.41) is 0. The van der Waals surface area contributed by atoms with Gasteiger partial charge in [-0.25, -0.2) is 4.79 Å². The van der Waals surface area contributed by atoms with Crippen molar-refractivity contribution in [1.82, 2.24) is 4.90 Å². The third kappa shape index (κ3) is 4.06. The van der Waals surface area contributed by atoms with E-state index >= 15 is 0 Å². The number of hydrogen-bond acceptors (Lipinski definition) is 4. The van der Waals surface area contributed by atoms with Crippen molar-refractivity contribution >= 4 is 33.4 Å². The van der Waals surface area contributed by atoms with Gasteiger partial charge in [-0.15, -0.1) is 0 Å². The molecule has 5 nitrogen and oxygen atoms in total. The molecule has 2 rings (SSSR count). The van der Waals surface area contributed by atoms with Gasteiger partial charge < -0.3 is 20.3 Å². The summed E-state index contributed by atoms with van der Waals surface area (Å²) >= 11 is 3.48. The van der Waals surface area contributed by atoms with Crippen LogP contribution in [0.5, 0.6) is 0 Å². The van der Waals surface area contributed by atoms with Gasteiger partial charge in [0.05, 0.1) is 11.4 Å². The topological polar surface area (TPSA) is 58.8 Å². The van der Waals surface area contributed by atoms with Crippen LogP contribution < -0.4 is 10.6 Å². The predicted molar refractivity (Wildman–Crippen MR) is 93.2 cm³/mol. The Hall–Kier alpha value is -1.43. The van der Waals surface area contributed by atoms with Crippen LogP contribution >= 0.6 is 15.9 Å². The number of ether oxygens (including phenoxy) is 1. The minimum atomic E-state index is -0.466. The SMILES string of the molecule is C[C@H]1CN(C(=O)OC(C)(C)C)CCN1c1cc(Br)ccc1N. The molecule has 22 heavy (non-hydrogen) atoms. The van der Waals surface area contributed by atoms with E-state index in [2.05, 4.69) is 27.8 Å². The number of piperazine rings is 1. The Morgan fingerprint density at radius 1 is 1.36 bits per heavy atom. The zero-order chi connectivity index (χ0) is 16.5. The van der Waals surface area contributed by atoms with Gasteiger partial charge in [0.25, 0.3) is 0 Å². The van der Waals surface area contributed by atoms with Crippen LogP contribution in [0.2, 0.25) is 0 Å². The number of rotatable bonds is 1. The minimum absolute atomic E-state index is 0.179. The molecule has 1 aromatic carbocycles. The first-order valence-corrected chi connectivity index (χ1v) is 8.26. The Morgan fingerprint density at radius 3 is 2.64 bits per heavy atom. The van der Waals surface area contributed by atoms with E-state index in [1.165, 1.54) is 0 Å². The number of nitrogen functional groups attached to an aromatic ring is 1. The van der Waals surface area contributed by atoms with Gasteiger partial charge in [-0.3, -0.25) is 0 Å². The summed E-state index contributed by atoms with van der Waals surface area (Å²) in [4.78, 5) is 16.2. The molecule has 1 atom stereocenters. The first-order chi connectivity index (χ1) is 10.2. The molecule has 6 heteroatoms. The predicted octanol–water partition coefficient (Wildman–Crippen LogP) is 3.48. The van der Waals surface area contributed by atoms with Crippen LogP contribution in [0.15, 0.2) is 22.7 Å². The molecule has 1 aliphatic rings. The molecule has 0 unspecified atom stereocenters. The zero-order valence-electron chi connectivity index (χ0n) is 13.6. The minimum Gasteiger partial charge on any atom is -0.444 e. The Kier molecular flexibility index (Phi) is 4.90. The number of halogens is 1. The first kappa shape index (κ1) is 16.9. The summed E-state index contributed by atoms with van der Waals surface area (Å²) in [6.07, 6.45) is -0.249. The first-order valence-electron chi connectivity index (χ1n) is 7.47. The van der Waals surface area contributed by atoms with Gasteiger partial charge in [-0.05, 0) is 45.9 Å². The lowest BCUT2D eigenvalue weighted by atomic mass is 10.1. The molecule has 2 N–H and O–H groups in total. The van der Waals surface area contributed by atoms with Gasteiger partial charge >= 0.3 is 6.09 Å². The van der Waals surface area contributed by atoms with Crippen molar-refractivity contribution in [2.45, 2.75) is 39.3 Å². The van der Waals surface area contributed by atoms with Crippen molar-refractivity contribution in [2.75, 3.05) is 30.3 Å². The van der Waals surface area contributed by atoms with E-state index in [1.54, 1.807) is 4.90 Å². The fourth-order valence-electron chi connectivity index (χ4n) is 2.57. The standard InChI is InChI=1S/C16H24BrN3O2/c1-11-10-19(15(21)22-16(2,3)4)7-8-20(11)14-9-12(17)5-6-13(14)18/h5-6,9,11H,7-8,10,18H2,1-4H3/t11-/m0/s1. The largest absolute Gasteiger partial charge is 0.444 e. The number of carbonyl (C=O) groups excluding carboxylic acids is 1. The maximum atomic E-state index is 12.2. The normalized spacial score (nSPS) is 19.2. The number of nitrogens with zero attached hydrogens (tertiary/aromatic N) is 2. The molecule has 0 radical (unpaired) electrons. The summed E-state index contributed by atoms with van der Waals surface area (Å²) in [6, 6.07) is 6.03. The van der Waals surface area contributed by atoms with Gasteiger partial charge in [0, 0.05) is 30.1 Å². The fourth-order valence-corrected chi connectivity index (χ4v) is 2.92. The molecule has 0 aromatic heterocycles. The monoisotopic (exact) mass is 369 g/mol. The lowest BCUT2D eigenvalue weighted by Gasteiger charge is -2.41. The van der Waals surface area contributed by atoms with Crippen molar-refractivity contribution in [1.29, 1.82) is 0 Å². The molecule has 0 spiro atoms. The molecule has 0 bridgehead atoms.